The molecule has 0 heteroatoms. The maximum Gasteiger partial charge on any atom is -0.00210 e. The fraction of sp³-hybridized carbons (Fsp3) is 0.0800. The molecule has 0 radical (unpaired) electrons. The van der Waals surface area contributed by atoms with E-state index < -0.39 is 0 Å². The molecular weight excluding hydrogens is 601 g/mol. The summed E-state index contributed by atoms with van der Waals surface area (Å²) in [5, 5.41) is 10.3. The standard InChI is InChI=1S/C50H38/c1-31-26-39(38-25-24-35-14-5-6-16-37(35)30-38)27-32(2)47(31)49-43-19-9-11-21-45(43)50(46-22-12-10-20-44(46)49)48-33(3)28-40(29-34(48)4)42-23-13-17-36-15-7-8-18-41(36)42/h5-30H,1-4H3. The molecule has 0 spiro atoms. The van der Waals surface area contributed by atoms with Crippen molar-refractivity contribution in [2.45, 2.75) is 27.7 Å². The Morgan fingerprint density at radius 2 is 0.680 bits per heavy atom. The monoisotopic (exact) mass is 638 g/mol. The first-order valence-corrected chi connectivity index (χ1v) is 17.6. The zero-order valence-corrected chi connectivity index (χ0v) is 29.0. The van der Waals surface area contributed by atoms with Gasteiger partial charge in [-0.3, -0.25) is 0 Å². The lowest BCUT2D eigenvalue weighted by atomic mass is 9.81. The predicted molar refractivity (Wildman–Crippen MR) is 217 cm³/mol. The van der Waals surface area contributed by atoms with Crippen molar-refractivity contribution in [1.29, 1.82) is 0 Å². The van der Waals surface area contributed by atoms with Gasteiger partial charge in [-0.05, 0) is 144 Å². The van der Waals surface area contributed by atoms with Crippen LogP contribution in [-0.2, 0) is 0 Å². The summed E-state index contributed by atoms with van der Waals surface area (Å²) in [5.74, 6) is 0. The summed E-state index contributed by atoms with van der Waals surface area (Å²) in [6.45, 7) is 9.14. The zero-order chi connectivity index (χ0) is 33.9. The Labute approximate surface area is 294 Å². The maximum atomic E-state index is 2.39. The summed E-state index contributed by atoms with van der Waals surface area (Å²) in [7, 11) is 0. The van der Waals surface area contributed by atoms with Crippen molar-refractivity contribution in [3.63, 3.8) is 0 Å². The van der Waals surface area contributed by atoms with Gasteiger partial charge in [0.15, 0.2) is 0 Å². The average molecular weight is 639 g/mol. The molecule has 0 N–H and O–H groups in total. The minimum Gasteiger partial charge on any atom is -0.0616 e. The van der Waals surface area contributed by atoms with Crippen LogP contribution in [0.3, 0.4) is 0 Å². The van der Waals surface area contributed by atoms with Gasteiger partial charge in [0.1, 0.15) is 0 Å². The molecule has 0 bridgehead atoms. The van der Waals surface area contributed by atoms with Gasteiger partial charge < -0.3 is 0 Å². The molecule has 0 unspecified atom stereocenters. The minimum atomic E-state index is 1.25. The van der Waals surface area contributed by atoms with Gasteiger partial charge >= 0.3 is 0 Å². The Kier molecular flexibility index (Phi) is 7.14. The van der Waals surface area contributed by atoms with Crippen molar-refractivity contribution in [3.8, 4) is 44.5 Å². The molecule has 0 aliphatic heterocycles. The molecular formula is C50H38. The molecule has 0 atom stereocenters. The first kappa shape index (κ1) is 30.1. The summed E-state index contributed by atoms with van der Waals surface area (Å²) in [6, 6.07) is 58.4. The first-order chi connectivity index (χ1) is 24.5. The second-order valence-electron chi connectivity index (χ2n) is 13.9. The van der Waals surface area contributed by atoms with Crippen molar-refractivity contribution >= 4 is 43.1 Å². The normalized spacial score (nSPS) is 11.6. The number of aryl methyl sites for hydroxylation is 4. The minimum absolute atomic E-state index is 1.25. The smallest absolute Gasteiger partial charge is 0.00210 e. The van der Waals surface area contributed by atoms with Crippen molar-refractivity contribution in [3.05, 3.63) is 180 Å². The molecule has 9 aromatic carbocycles. The molecule has 50 heavy (non-hydrogen) atoms. The third-order valence-electron chi connectivity index (χ3n) is 10.7. The highest BCUT2D eigenvalue weighted by molar-refractivity contribution is 6.22. The van der Waals surface area contributed by atoms with Crippen molar-refractivity contribution in [2.75, 3.05) is 0 Å². The van der Waals surface area contributed by atoms with Gasteiger partial charge in [0.2, 0.25) is 0 Å². The van der Waals surface area contributed by atoms with Crippen molar-refractivity contribution < 1.29 is 0 Å². The van der Waals surface area contributed by atoms with Gasteiger partial charge in [0.05, 0.1) is 0 Å². The van der Waals surface area contributed by atoms with E-state index in [1.54, 1.807) is 0 Å². The Morgan fingerprint density at radius 3 is 1.22 bits per heavy atom. The number of fused-ring (bicyclic) bond motifs is 4. The lowest BCUT2D eigenvalue weighted by Gasteiger charge is -2.23. The van der Waals surface area contributed by atoms with Gasteiger partial charge in [-0.25, -0.2) is 0 Å². The summed E-state index contributed by atoms with van der Waals surface area (Å²) < 4.78 is 0. The van der Waals surface area contributed by atoms with Crippen LogP contribution in [0.25, 0.3) is 87.6 Å². The molecule has 0 amide bonds. The lowest BCUT2D eigenvalue weighted by Crippen LogP contribution is -1.97. The molecule has 0 nitrogen and oxygen atoms in total. The predicted octanol–water partition coefficient (Wildman–Crippen LogP) is 14.2. The third-order valence-corrected chi connectivity index (χ3v) is 10.7. The third kappa shape index (κ3) is 4.83. The van der Waals surface area contributed by atoms with E-state index in [-0.39, 0.29) is 0 Å². The molecule has 0 aliphatic carbocycles. The highest BCUT2D eigenvalue weighted by Crippen LogP contribution is 2.48. The second-order valence-corrected chi connectivity index (χ2v) is 13.9. The number of benzene rings is 9. The van der Waals surface area contributed by atoms with Gasteiger partial charge in [-0.15, -0.1) is 0 Å². The fourth-order valence-electron chi connectivity index (χ4n) is 8.55. The molecule has 0 aliphatic rings. The molecule has 9 rings (SSSR count). The summed E-state index contributed by atoms with van der Waals surface area (Å²) in [5.41, 5.74) is 15.5. The van der Waals surface area contributed by atoms with Crippen LogP contribution in [0.4, 0.5) is 0 Å². The average Bonchev–Trinajstić information content (AvgIpc) is 3.14. The van der Waals surface area contributed by atoms with E-state index in [4.69, 9.17) is 0 Å². The molecule has 0 saturated carbocycles. The van der Waals surface area contributed by atoms with E-state index in [1.165, 1.54) is 110 Å². The largest absolute Gasteiger partial charge is 0.0616 e. The highest BCUT2D eigenvalue weighted by Gasteiger charge is 2.21. The topological polar surface area (TPSA) is 0 Å². The van der Waals surface area contributed by atoms with Crippen LogP contribution in [0.1, 0.15) is 22.3 Å². The van der Waals surface area contributed by atoms with E-state index in [9.17, 15) is 0 Å². The van der Waals surface area contributed by atoms with Crippen LogP contribution in [0.5, 0.6) is 0 Å². The lowest BCUT2D eigenvalue weighted by molar-refractivity contribution is 1.38. The van der Waals surface area contributed by atoms with Crippen LogP contribution in [0.2, 0.25) is 0 Å². The van der Waals surface area contributed by atoms with Crippen LogP contribution in [0, 0.1) is 27.7 Å². The van der Waals surface area contributed by atoms with E-state index in [0.29, 0.717) is 0 Å². The molecule has 0 heterocycles. The molecule has 0 saturated heterocycles. The number of hydrogen-bond donors (Lipinski definition) is 0. The summed E-state index contributed by atoms with van der Waals surface area (Å²) in [6.07, 6.45) is 0. The number of hydrogen-bond acceptors (Lipinski definition) is 0. The van der Waals surface area contributed by atoms with Crippen LogP contribution < -0.4 is 0 Å². The van der Waals surface area contributed by atoms with Crippen LogP contribution in [0.15, 0.2) is 158 Å². The first-order valence-electron chi connectivity index (χ1n) is 17.6. The highest BCUT2D eigenvalue weighted by atomic mass is 14.2. The Hall–Kier alpha value is -5.98. The number of rotatable bonds is 4. The Balaban J connectivity index is 1.26. The summed E-state index contributed by atoms with van der Waals surface area (Å²) >= 11 is 0. The van der Waals surface area contributed by atoms with Gasteiger partial charge in [-0.1, -0.05) is 152 Å². The van der Waals surface area contributed by atoms with E-state index in [2.05, 4.69) is 185 Å². The van der Waals surface area contributed by atoms with Crippen LogP contribution in [-0.4, -0.2) is 0 Å². The zero-order valence-electron chi connectivity index (χ0n) is 29.0. The van der Waals surface area contributed by atoms with Crippen LogP contribution >= 0.6 is 0 Å². The quantitative estimate of drug-likeness (QED) is 0.168. The Morgan fingerprint density at radius 1 is 0.260 bits per heavy atom. The SMILES string of the molecule is Cc1cc(-c2ccc3ccccc3c2)cc(C)c1-c1c2ccccc2c(-c2c(C)cc(-c3cccc4ccccc34)cc2C)c2ccccc12. The summed E-state index contributed by atoms with van der Waals surface area (Å²) in [4.78, 5) is 0. The van der Waals surface area contributed by atoms with E-state index >= 15 is 0 Å². The molecule has 0 fully saturated rings. The molecule has 238 valence electrons. The van der Waals surface area contributed by atoms with Gasteiger partial charge in [-0.2, -0.15) is 0 Å². The van der Waals surface area contributed by atoms with Gasteiger partial charge in [0, 0.05) is 0 Å². The second kappa shape index (κ2) is 11.9. The van der Waals surface area contributed by atoms with E-state index in [0.717, 1.165) is 0 Å². The van der Waals surface area contributed by atoms with Gasteiger partial charge in [0.25, 0.3) is 0 Å². The molecule has 0 aromatic heterocycles. The van der Waals surface area contributed by atoms with Crippen molar-refractivity contribution in [1.82, 2.24) is 0 Å². The van der Waals surface area contributed by atoms with E-state index in [1.807, 2.05) is 0 Å². The molecule has 9 aromatic rings. The fourth-order valence-corrected chi connectivity index (χ4v) is 8.55. The Bertz CT molecular complexity index is 2690. The van der Waals surface area contributed by atoms with Crippen molar-refractivity contribution in [2.24, 2.45) is 0 Å². The maximum absolute atomic E-state index is 2.39.